The average Bonchev–Trinajstić information content (AvgIpc) is 3.19. The lowest BCUT2D eigenvalue weighted by molar-refractivity contribution is 0.0888. The number of benzene rings is 2. The molecule has 1 amide bonds. The van der Waals surface area contributed by atoms with Crippen LogP contribution in [0.25, 0.3) is 23.1 Å². The predicted molar refractivity (Wildman–Crippen MR) is 145 cm³/mol. The standard InChI is InChI=1S/C29H32N4OS/c1-28(2,3)19-29(4,5)31-27(34)23-11-6-7-12-26(23)35-21-14-15-22-24(32-33-25(22)18-21)16-13-20-10-8-9-17-30-20/h6-18H,19H2,1-5H3,(H,31,34)(H,32,33)/b16-13+. The summed E-state index contributed by atoms with van der Waals surface area (Å²) in [4.78, 5) is 19.5. The van der Waals surface area contributed by atoms with Crippen LogP contribution in [-0.2, 0) is 0 Å². The van der Waals surface area contributed by atoms with Gasteiger partial charge in [0.05, 0.1) is 22.5 Å². The lowest BCUT2D eigenvalue weighted by Crippen LogP contribution is -2.45. The first-order valence-corrected chi connectivity index (χ1v) is 12.6. The Balaban J connectivity index is 1.53. The summed E-state index contributed by atoms with van der Waals surface area (Å²) in [7, 11) is 0. The van der Waals surface area contributed by atoms with Gasteiger partial charge in [0.15, 0.2) is 0 Å². The van der Waals surface area contributed by atoms with Gasteiger partial charge < -0.3 is 5.32 Å². The smallest absolute Gasteiger partial charge is 0.252 e. The molecule has 0 radical (unpaired) electrons. The molecule has 0 aliphatic rings. The Morgan fingerprint density at radius 3 is 2.51 bits per heavy atom. The van der Waals surface area contributed by atoms with Crippen molar-refractivity contribution in [2.75, 3.05) is 0 Å². The normalized spacial score (nSPS) is 12.4. The van der Waals surface area contributed by atoms with Crippen LogP contribution < -0.4 is 5.32 Å². The van der Waals surface area contributed by atoms with Crippen LogP contribution in [0, 0.1) is 5.41 Å². The third-order valence-corrected chi connectivity index (χ3v) is 6.51. The molecule has 6 heteroatoms. The predicted octanol–water partition coefficient (Wildman–Crippen LogP) is 7.22. The Labute approximate surface area is 211 Å². The number of pyridine rings is 1. The van der Waals surface area contributed by atoms with E-state index in [0.29, 0.717) is 5.56 Å². The maximum Gasteiger partial charge on any atom is 0.252 e. The van der Waals surface area contributed by atoms with Crippen LogP contribution in [0.1, 0.15) is 62.8 Å². The number of fused-ring (bicyclic) bond motifs is 1. The monoisotopic (exact) mass is 484 g/mol. The van der Waals surface area contributed by atoms with E-state index in [1.165, 1.54) is 0 Å². The van der Waals surface area contributed by atoms with Gasteiger partial charge in [0.25, 0.3) is 5.91 Å². The molecule has 2 heterocycles. The van der Waals surface area contributed by atoms with Gasteiger partial charge in [-0.1, -0.05) is 50.7 Å². The summed E-state index contributed by atoms with van der Waals surface area (Å²) in [6, 6.07) is 19.8. The molecule has 0 spiro atoms. The molecule has 4 rings (SSSR count). The fourth-order valence-electron chi connectivity index (χ4n) is 4.46. The largest absolute Gasteiger partial charge is 0.347 e. The number of nitrogens with one attached hydrogen (secondary N) is 2. The van der Waals surface area contributed by atoms with Crippen LogP contribution in [0.3, 0.4) is 0 Å². The summed E-state index contributed by atoms with van der Waals surface area (Å²) in [5.41, 5.74) is 3.20. The lowest BCUT2D eigenvalue weighted by Gasteiger charge is -2.33. The van der Waals surface area contributed by atoms with Gasteiger partial charge in [0.2, 0.25) is 0 Å². The second-order valence-corrected chi connectivity index (χ2v) is 11.7. The van der Waals surface area contributed by atoms with Crippen LogP contribution in [0.5, 0.6) is 0 Å². The maximum absolute atomic E-state index is 13.2. The summed E-state index contributed by atoms with van der Waals surface area (Å²) in [6.45, 7) is 10.7. The third kappa shape index (κ3) is 6.61. The van der Waals surface area contributed by atoms with Gasteiger partial charge in [0.1, 0.15) is 0 Å². The first-order chi connectivity index (χ1) is 16.6. The Hall–Kier alpha value is -3.38. The molecular formula is C29H32N4OS. The van der Waals surface area contributed by atoms with E-state index in [1.807, 2.05) is 54.6 Å². The number of hydrogen-bond acceptors (Lipinski definition) is 4. The molecule has 5 nitrogen and oxygen atoms in total. The Morgan fingerprint density at radius 2 is 1.77 bits per heavy atom. The van der Waals surface area contributed by atoms with Gasteiger partial charge in [-0.15, -0.1) is 0 Å². The minimum absolute atomic E-state index is 0.0492. The molecule has 2 aromatic heterocycles. The third-order valence-electron chi connectivity index (χ3n) is 5.45. The topological polar surface area (TPSA) is 70.7 Å². The molecule has 0 aliphatic heterocycles. The van der Waals surface area contributed by atoms with Crippen LogP contribution in [0.2, 0.25) is 0 Å². The number of aromatic nitrogens is 3. The van der Waals surface area contributed by atoms with Crippen LogP contribution in [-0.4, -0.2) is 26.6 Å². The second-order valence-electron chi connectivity index (χ2n) is 10.6. The summed E-state index contributed by atoms with van der Waals surface area (Å²) in [6.07, 6.45) is 6.57. The highest BCUT2D eigenvalue weighted by molar-refractivity contribution is 7.99. The molecule has 0 saturated heterocycles. The number of aromatic amines is 1. The molecule has 2 aromatic carbocycles. The number of carbonyl (C=O) groups excluding carboxylic acids is 1. The maximum atomic E-state index is 13.2. The Bertz CT molecular complexity index is 1350. The minimum Gasteiger partial charge on any atom is -0.347 e. The van der Waals surface area contributed by atoms with Crippen molar-refractivity contribution in [3.05, 3.63) is 83.8 Å². The molecule has 180 valence electrons. The van der Waals surface area contributed by atoms with Gasteiger partial charge in [-0.3, -0.25) is 14.9 Å². The van der Waals surface area contributed by atoms with Crippen molar-refractivity contribution in [2.24, 2.45) is 5.41 Å². The molecule has 0 aliphatic carbocycles. The van der Waals surface area contributed by atoms with Crippen molar-refractivity contribution in [3.8, 4) is 0 Å². The lowest BCUT2D eigenvalue weighted by atomic mass is 9.81. The number of nitrogens with zero attached hydrogens (tertiary/aromatic N) is 2. The number of H-pyrrole nitrogens is 1. The van der Waals surface area contributed by atoms with Crippen molar-refractivity contribution in [3.63, 3.8) is 0 Å². The summed E-state index contributed by atoms with van der Waals surface area (Å²) in [5, 5.41) is 11.9. The minimum atomic E-state index is -0.304. The van der Waals surface area contributed by atoms with Crippen LogP contribution in [0.4, 0.5) is 0 Å². The fourth-order valence-corrected chi connectivity index (χ4v) is 5.45. The number of carbonyl (C=O) groups is 1. The van der Waals surface area contributed by atoms with E-state index in [0.717, 1.165) is 38.5 Å². The quantitative estimate of drug-likeness (QED) is 0.290. The molecule has 4 aromatic rings. The molecule has 0 atom stereocenters. The first kappa shape index (κ1) is 24.7. The van der Waals surface area contributed by atoms with Crippen molar-refractivity contribution in [1.82, 2.24) is 20.5 Å². The van der Waals surface area contributed by atoms with Gasteiger partial charge in [-0.2, -0.15) is 5.10 Å². The zero-order chi connectivity index (χ0) is 25.1. The van der Waals surface area contributed by atoms with Crippen molar-refractivity contribution < 1.29 is 4.79 Å². The first-order valence-electron chi connectivity index (χ1n) is 11.8. The number of rotatable bonds is 7. The highest BCUT2D eigenvalue weighted by Crippen LogP contribution is 2.33. The molecule has 0 saturated carbocycles. The van der Waals surface area contributed by atoms with Gasteiger partial charge in [-0.25, -0.2) is 0 Å². The van der Waals surface area contributed by atoms with E-state index in [2.05, 4.69) is 73.3 Å². The zero-order valence-electron chi connectivity index (χ0n) is 20.9. The van der Waals surface area contributed by atoms with E-state index >= 15 is 0 Å². The van der Waals surface area contributed by atoms with Gasteiger partial charge in [0, 0.05) is 26.9 Å². The summed E-state index contributed by atoms with van der Waals surface area (Å²) in [5.74, 6) is -0.0492. The summed E-state index contributed by atoms with van der Waals surface area (Å²) >= 11 is 1.58. The average molecular weight is 485 g/mol. The molecular weight excluding hydrogens is 452 g/mol. The second kappa shape index (κ2) is 10.1. The van der Waals surface area contributed by atoms with Gasteiger partial charge >= 0.3 is 0 Å². The zero-order valence-corrected chi connectivity index (χ0v) is 21.7. The highest BCUT2D eigenvalue weighted by atomic mass is 32.2. The SMILES string of the molecule is CC(C)(C)CC(C)(C)NC(=O)c1ccccc1Sc1ccc2c(/C=C/c3ccccn3)n[nH]c2c1. The molecule has 0 fully saturated rings. The van der Waals surface area contributed by atoms with E-state index in [4.69, 9.17) is 0 Å². The van der Waals surface area contributed by atoms with E-state index in [9.17, 15) is 4.79 Å². The molecule has 35 heavy (non-hydrogen) atoms. The molecule has 0 bridgehead atoms. The van der Waals surface area contributed by atoms with Gasteiger partial charge in [-0.05, 0) is 80.3 Å². The Kier molecular flexibility index (Phi) is 7.13. The molecule has 2 N–H and O–H groups in total. The Morgan fingerprint density at radius 1 is 1.00 bits per heavy atom. The van der Waals surface area contributed by atoms with E-state index in [1.54, 1.807) is 18.0 Å². The van der Waals surface area contributed by atoms with Crippen LogP contribution in [0.15, 0.2) is 76.7 Å². The van der Waals surface area contributed by atoms with E-state index < -0.39 is 0 Å². The van der Waals surface area contributed by atoms with Crippen molar-refractivity contribution in [1.29, 1.82) is 0 Å². The summed E-state index contributed by atoms with van der Waals surface area (Å²) < 4.78 is 0. The fraction of sp³-hybridized carbons (Fsp3) is 0.276. The highest BCUT2D eigenvalue weighted by Gasteiger charge is 2.28. The van der Waals surface area contributed by atoms with Crippen LogP contribution >= 0.6 is 11.8 Å². The number of amides is 1. The molecule has 0 unspecified atom stereocenters. The van der Waals surface area contributed by atoms with Crippen molar-refractivity contribution >= 4 is 40.7 Å². The number of hydrogen-bond donors (Lipinski definition) is 2. The van der Waals surface area contributed by atoms with E-state index in [-0.39, 0.29) is 16.9 Å². The van der Waals surface area contributed by atoms with Crippen molar-refractivity contribution in [2.45, 2.75) is 56.4 Å².